The number of nitrogens with one attached hydrogen (secondary N) is 1. The van der Waals surface area contributed by atoms with Crippen molar-refractivity contribution in [2.45, 2.75) is 38.1 Å². The second kappa shape index (κ2) is 3.80. The molecule has 5 heteroatoms. The van der Waals surface area contributed by atoms with Gasteiger partial charge in [-0.25, -0.2) is 9.97 Å². The topological polar surface area (TPSA) is 76.7 Å². The molecule has 0 spiro atoms. The molecule has 0 aromatic carbocycles. The lowest BCUT2D eigenvalue weighted by atomic mass is 9.54. The maximum Gasteiger partial charge on any atom is 0.227 e. The Morgan fingerprint density at radius 2 is 1.67 bits per heavy atom. The third-order valence-electron chi connectivity index (χ3n) is 5.11. The molecule has 4 aliphatic carbocycles. The van der Waals surface area contributed by atoms with Gasteiger partial charge < -0.3 is 11.1 Å². The molecule has 0 unspecified atom stereocenters. The Bertz CT molecular complexity index is 432. The highest BCUT2D eigenvalue weighted by molar-refractivity contribution is 5.31. The Balaban J connectivity index is 1.55. The van der Waals surface area contributed by atoms with E-state index in [0.717, 1.165) is 23.7 Å². The van der Waals surface area contributed by atoms with Crippen molar-refractivity contribution < 1.29 is 0 Å². The first-order valence-electron chi connectivity index (χ1n) is 6.99. The molecule has 0 saturated heterocycles. The Labute approximate surface area is 107 Å². The SMILES string of the molecule is Nc1ncnc(NC2C3CC4CC(C3)CC2C4)n1. The number of rotatable bonds is 2. The summed E-state index contributed by atoms with van der Waals surface area (Å²) in [5.41, 5.74) is 5.61. The van der Waals surface area contributed by atoms with Crippen LogP contribution in [0.4, 0.5) is 11.9 Å². The molecule has 4 fully saturated rings. The van der Waals surface area contributed by atoms with E-state index in [2.05, 4.69) is 20.3 Å². The summed E-state index contributed by atoms with van der Waals surface area (Å²) in [4.78, 5) is 12.2. The molecule has 4 saturated carbocycles. The number of hydrogen-bond donors (Lipinski definition) is 2. The zero-order chi connectivity index (χ0) is 12.1. The molecule has 18 heavy (non-hydrogen) atoms. The minimum absolute atomic E-state index is 0.302. The second-order valence-corrected chi connectivity index (χ2v) is 6.27. The van der Waals surface area contributed by atoms with Crippen molar-refractivity contribution in [1.29, 1.82) is 0 Å². The molecular formula is C13H19N5. The van der Waals surface area contributed by atoms with E-state index in [9.17, 15) is 0 Å². The van der Waals surface area contributed by atoms with E-state index in [0.29, 0.717) is 17.9 Å². The van der Waals surface area contributed by atoms with Crippen molar-refractivity contribution in [3.05, 3.63) is 6.33 Å². The van der Waals surface area contributed by atoms with Gasteiger partial charge in [0.05, 0.1) is 0 Å². The fraction of sp³-hybridized carbons (Fsp3) is 0.769. The first kappa shape index (κ1) is 10.5. The van der Waals surface area contributed by atoms with Gasteiger partial charge >= 0.3 is 0 Å². The third-order valence-corrected chi connectivity index (χ3v) is 5.11. The van der Waals surface area contributed by atoms with Crippen molar-refractivity contribution in [2.24, 2.45) is 23.7 Å². The summed E-state index contributed by atoms with van der Waals surface area (Å²) in [6.07, 6.45) is 8.55. The fourth-order valence-corrected chi connectivity index (χ4v) is 4.69. The summed E-state index contributed by atoms with van der Waals surface area (Å²) in [6.45, 7) is 0. The summed E-state index contributed by atoms with van der Waals surface area (Å²) in [5, 5.41) is 3.52. The van der Waals surface area contributed by atoms with Crippen LogP contribution in [0.3, 0.4) is 0 Å². The van der Waals surface area contributed by atoms with Gasteiger partial charge in [-0.15, -0.1) is 0 Å². The van der Waals surface area contributed by atoms with Gasteiger partial charge in [-0.1, -0.05) is 0 Å². The summed E-state index contributed by atoms with van der Waals surface area (Å²) >= 11 is 0. The van der Waals surface area contributed by atoms with Crippen LogP contribution in [-0.2, 0) is 0 Å². The predicted molar refractivity (Wildman–Crippen MR) is 68.7 cm³/mol. The highest BCUT2D eigenvalue weighted by Crippen LogP contribution is 2.54. The molecule has 0 atom stereocenters. The zero-order valence-corrected chi connectivity index (χ0v) is 10.4. The van der Waals surface area contributed by atoms with Gasteiger partial charge in [0.15, 0.2) is 0 Å². The first-order chi connectivity index (χ1) is 8.78. The number of anilines is 2. The number of hydrogen-bond acceptors (Lipinski definition) is 5. The van der Waals surface area contributed by atoms with Gasteiger partial charge in [0.2, 0.25) is 11.9 Å². The van der Waals surface area contributed by atoms with Gasteiger partial charge in [-0.05, 0) is 55.8 Å². The van der Waals surface area contributed by atoms with Crippen LogP contribution in [0.2, 0.25) is 0 Å². The van der Waals surface area contributed by atoms with E-state index in [1.807, 2.05) is 0 Å². The van der Waals surface area contributed by atoms with Crippen LogP contribution in [0.15, 0.2) is 6.33 Å². The Morgan fingerprint density at radius 3 is 2.28 bits per heavy atom. The maximum atomic E-state index is 5.61. The smallest absolute Gasteiger partial charge is 0.227 e. The predicted octanol–water partition coefficient (Wildman–Crippen LogP) is 1.69. The number of nitrogens with two attached hydrogens (primary N) is 1. The third kappa shape index (κ3) is 1.64. The molecule has 0 radical (unpaired) electrons. The Morgan fingerprint density at radius 1 is 1.00 bits per heavy atom. The Kier molecular flexibility index (Phi) is 2.22. The molecule has 4 aliphatic rings. The lowest BCUT2D eigenvalue weighted by Crippen LogP contribution is -2.51. The molecular weight excluding hydrogens is 226 g/mol. The average molecular weight is 245 g/mol. The largest absolute Gasteiger partial charge is 0.368 e. The quantitative estimate of drug-likeness (QED) is 0.829. The van der Waals surface area contributed by atoms with Crippen molar-refractivity contribution in [1.82, 2.24) is 15.0 Å². The monoisotopic (exact) mass is 245 g/mol. The van der Waals surface area contributed by atoms with Gasteiger partial charge in [0.1, 0.15) is 6.33 Å². The molecule has 3 N–H and O–H groups in total. The molecule has 0 aliphatic heterocycles. The molecule has 5 rings (SSSR count). The van der Waals surface area contributed by atoms with Gasteiger partial charge in [-0.3, -0.25) is 0 Å². The minimum atomic E-state index is 0.302. The number of nitrogens with zero attached hydrogens (tertiary/aromatic N) is 3. The number of aromatic nitrogens is 3. The number of nitrogen functional groups attached to an aromatic ring is 1. The van der Waals surface area contributed by atoms with Crippen molar-refractivity contribution in [3.8, 4) is 0 Å². The molecule has 96 valence electrons. The van der Waals surface area contributed by atoms with E-state index in [-0.39, 0.29) is 0 Å². The lowest BCUT2D eigenvalue weighted by Gasteiger charge is -2.54. The van der Waals surface area contributed by atoms with Crippen LogP contribution in [-0.4, -0.2) is 21.0 Å². The highest BCUT2D eigenvalue weighted by Gasteiger charge is 2.48. The van der Waals surface area contributed by atoms with E-state index in [1.54, 1.807) is 0 Å². The molecule has 0 amide bonds. The molecule has 5 nitrogen and oxygen atoms in total. The zero-order valence-electron chi connectivity index (χ0n) is 10.4. The normalized spacial score (nSPS) is 41.0. The van der Waals surface area contributed by atoms with Crippen LogP contribution in [0.1, 0.15) is 32.1 Å². The van der Waals surface area contributed by atoms with Gasteiger partial charge in [-0.2, -0.15) is 4.98 Å². The lowest BCUT2D eigenvalue weighted by molar-refractivity contribution is 0.00728. The molecule has 1 aromatic heterocycles. The summed E-state index contributed by atoms with van der Waals surface area (Å²) in [5.74, 6) is 4.58. The maximum absolute atomic E-state index is 5.61. The first-order valence-corrected chi connectivity index (χ1v) is 6.99. The minimum Gasteiger partial charge on any atom is -0.368 e. The standard InChI is InChI=1S/C13H19N5/c14-12-15-6-16-13(18-12)17-11-9-2-7-1-8(4-9)5-10(11)3-7/h6-11H,1-5H2,(H3,14,15,16,17,18). The average Bonchev–Trinajstić information content (AvgIpc) is 2.33. The van der Waals surface area contributed by atoms with Crippen LogP contribution >= 0.6 is 0 Å². The molecule has 1 heterocycles. The fourth-order valence-electron chi connectivity index (χ4n) is 4.69. The van der Waals surface area contributed by atoms with Crippen LogP contribution in [0.5, 0.6) is 0 Å². The van der Waals surface area contributed by atoms with Crippen molar-refractivity contribution in [2.75, 3.05) is 11.1 Å². The summed E-state index contributed by atoms with van der Waals surface area (Å²) in [7, 11) is 0. The Hall–Kier alpha value is -1.39. The van der Waals surface area contributed by atoms with E-state index >= 15 is 0 Å². The van der Waals surface area contributed by atoms with Gasteiger partial charge in [0, 0.05) is 6.04 Å². The summed E-state index contributed by atoms with van der Waals surface area (Å²) in [6, 6.07) is 0.555. The van der Waals surface area contributed by atoms with Crippen molar-refractivity contribution in [3.63, 3.8) is 0 Å². The van der Waals surface area contributed by atoms with E-state index in [1.165, 1.54) is 38.4 Å². The molecule has 1 aromatic rings. The molecule has 4 bridgehead atoms. The van der Waals surface area contributed by atoms with Crippen LogP contribution in [0, 0.1) is 23.7 Å². The van der Waals surface area contributed by atoms with Crippen molar-refractivity contribution >= 4 is 11.9 Å². The van der Waals surface area contributed by atoms with E-state index in [4.69, 9.17) is 5.73 Å². The van der Waals surface area contributed by atoms with E-state index < -0.39 is 0 Å². The highest BCUT2D eigenvalue weighted by atomic mass is 15.2. The van der Waals surface area contributed by atoms with Gasteiger partial charge in [0.25, 0.3) is 0 Å². The van der Waals surface area contributed by atoms with Crippen LogP contribution < -0.4 is 11.1 Å². The second-order valence-electron chi connectivity index (χ2n) is 6.27. The summed E-state index contributed by atoms with van der Waals surface area (Å²) < 4.78 is 0. The van der Waals surface area contributed by atoms with Crippen LogP contribution in [0.25, 0.3) is 0 Å².